The maximum Gasteiger partial charge on any atom is 0.309 e. The maximum atomic E-state index is 11.7. The molecule has 0 radical (unpaired) electrons. The standard InChI is InChI=1S/C15H17NO5/c1-21-13-3-9(2-12(5-13)16(19)20)6-15(14(17)18)7-10-4-11(10)8-15/h2-3,5,10-11H,4,6-8H2,1H3,(H,17,18). The van der Waals surface area contributed by atoms with Gasteiger partial charge < -0.3 is 9.84 Å². The highest BCUT2D eigenvalue weighted by Crippen LogP contribution is 2.61. The van der Waals surface area contributed by atoms with Gasteiger partial charge in [0.15, 0.2) is 0 Å². The number of fused-ring (bicyclic) bond motifs is 1. The number of benzene rings is 1. The van der Waals surface area contributed by atoms with Crippen LogP contribution in [0.2, 0.25) is 0 Å². The Morgan fingerprint density at radius 2 is 2.10 bits per heavy atom. The van der Waals surface area contributed by atoms with Crippen LogP contribution in [0.5, 0.6) is 5.75 Å². The average Bonchev–Trinajstić information content (AvgIpc) is 3.05. The summed E-state index contributed by atoms with van der Waals surface area (Å²) in [4.78, 5) is 22.2. The van der Waals surface area contributed by atoms with Crippen molar-refractivity contribution in [3.05, 3.63) is 33.9 Å². The molecular weight excluding hydrogens is 274 g/mol. The summed E-state index contributed by atoms with van der Waals surface area (Å²) in [5.74, 6) is 0.659. The number of aliphatic carboxylic acids is 1. The number of rotatable bonds is 5. The molecule has 21 heavy (non-hydrogen) atoms. The third kappa shape index (κ3) is 2.46. The minimum atomic E-state index is -0.792. The number of carbonyl (C=O) groups is 1. The predicted molar refractivity (Wildman–Crippen MR) is 74.3 cm³/mol. The van der Waals surface area contributed by atoms with Gasteiger partial charge >= 0.3 is 5.97 Å². The van der Waals surface area contributed by atoms with Crippen molar-refractivity contribution < 1.29 is 19.6 Å². The molecular formula is C15H17NO5. The van der Waals surface area contributed by atoms with Crippen molar-refractivity contribution in [1.82, 2.24) is 0 Å². The lowest BCUT2D eigenvalue weighted by Gasteiger charge is -2.26. The van der Waals surface area contributed by atoms with E-state index >= 15 is 0 Å². The van der Waals surface area contributed by atoms with Crippen LogP contribution in [0.1, 0.15) is 24.8 Å². The predicted octanol–water partition coefficient (Wildman–Crippen LogP) is 2.65. The second-order valence-corrected chi connectivity index (χ2v) is 6.22. The van der Waals surface area contributed by atoms with E-state index in [1.54, 1.807) is 6.07 Å². The van der Waals surface area contributed by atoms with Crippen molar-refractivity contribution >= 4 is 11.7 Å². The third-order valence-electron chi connectivity index (χ3n) is 4.77. The average molecular weight is 291 g/mol. The number of hydrogen-bond donors (Lipinski definition) is 1. The Hall–Kier alpha value is -2.11. The second-order valence-electron chi connectivity index (χ2n) is 6.22. The SMILES string of the molecule is COc1cc(CC2(C(=O)O)CC3CC3C2)cc([N+](=O)[O-])c1. The molecule has 0 bridgehead atoms. The van der Waals surface area contributed by atoms with Crippen molar-refractivity contribution in [3.8, 4) is 5.75 Å². The summed E-state index contributed by atoms with van der Waals surface area (Å²) in [5, 5.41) is 20.6. The van der Waals surface area contributed by atoms with E-state index in [9.17, 15) is 20.0 Å². The molecule has 2 unspecified atom stereocenters. The number of methoxy groups -OCH3 is 1. The highest BCUT2D eigenvalue weighted by Gasteiger charge is 2.57. The monoisotopic (exact) mass is 291 g/mol. The van der Waals surface area contributed by atoms with E-state index in [1.807, 2.05) is 0 Å². The summed E-state index contributed by atoms with van der Waals surface area (Å²) in [6, 6.07) is 4.50. The summed E-state index contributed by atoms with van der Waals surface area (Å²) in [6.45, 7) is 0. The molecule has 1 aromatic rings. The Morgan fingerprint density at radius 1 is 1.43 bits per heavy atom. The Bertz CT molecular complexity index is 602. The van der Waals surface area contributed by atoms with Crippen LogP contribution >= 0.6 is 0 Å². The zero-order valence-corrected chi connectivity index (χ0v) is 11.7. The van der Waals surface area contributed by atoms with E-state index < -0.39 is 16.3 Å². The van der Waals surface area contributed by atoms with Crippen LogP contribution < -0.4 is 4.74 Å². The number of nitrogens with zero attached hydrogens (tertiary/aromatic N) is 1. The van der Waals surface area contributed by atoms with E-state index in [0.29, 0.717) is 42.4 Å². The van der Waals surface area contributed by atoms with Gasteiger partial charge in [-0.2, -0.15) is 0 Å². The van der Waals surface area contributed by atoms with Gasteiger partial charge in [0.05, 0.1) is 23.5 Å². The summed E-state index contributed by atoms with van der Waals surface area (Å²) < 4.78 is 5.08. The lowest BCUT2D eigenvalue weighted by Crippen LogP contribution is -2.32. The number of carboxylic acid groups (broad SMARTS) is 1. The number of nitro benzene ring substituents is 1. The zero-order valence-electron chi connectivity index (χ0n) is 11.7. The normalized spacial score (nSPS) is 29.8. The molecule has 6 nitrogen and oxygen atoms in total. The number of nitro groups is 1. The molecule has 2 aliphatic rings. The Balaban J connectivity index is 1.91. The van der Waals surface area contributed by atoms with E-state index in [2.05, 4.69) is 0 Å². The Labute approximate surface area is 121 Å². The number of ether oxygens (including phenoxy) is 1. The third-order valence-corrected chi connectivity index (χ3v) is 4.77. The van der Waals surface area contributed by atoms with Crippen LogP contribution in [0.3, 0.4) is 0 Å². The molecule has 0 aromatic heterocycles. The fourth-order valence-electron chi connectivity index (χ4n) is 3.65. The molecule has 0 saturated heterocycles. The number of non-ortho nitro benzene ring substituents is 1. The molecule has 1 aromatic carbocycles. The van der Waals surface area contributed by atoms with Gasteiger partial charge in [-0.1, -0.05) is 0 Å². The Kier molecular flexibility index (Phi) is 3.11. The van der Waals surface area contributed by atoms with Crippen LogP contribution in [0.4, 0.5) is 5.69 Å². The molecule has 2 aliphatic carbocycles. The van der Waals surface area contributed by atoms with Crippen molar-refractivity contribution in [2.75, 3.05) is 7.11 Å². The molecule has 112 valence electrons. The molecule has 2 saturated carbocycles. The minimum Gasteiger partial charge on any atom is -0.496 e. The molecule has 0 aliphatic heterocycles. The van der Waals surface area contributed by atoms with Crippen molar-refractivity contribution in [2.45, 2.75) is 25.7 Å². The van der Waals surface area contributed by atoms with Gasteiger partial charge in [-0.25, -0.2) is 0 Å². The maximum absolute atomic E-state index is 11.7. The summed E-state index contributed by atoms with van der Waals surface area (Å²) in [6.07, 6.45) is 2.82. The van der Waals surface area contributed by atoms with Crippen molar-refractivity contribution in [3.63, 3.8) is 0 Å². The van der Waals surface area contributed by atoms with Gasteiger partial charge in [-0.3, -0.25) is 14.9 Å². The summed E-state index contributed by atoms with van der Waals surface area (Å²) >= 11 is 0. The van der Waals surface area contributed by atoms with Gasteiger partial charge in [0.25, 0.3) is 5.69 Å². The number of carboxylic acids is 1. The summed E-state index contributed by atoms with van der Waals surface area (Å²) in [7, 11) is 1.45. The minimum absolute atomic E-state index is 0.0620. The van der Waals surface area contributed by atoms with Crippen molar-refractivity contribution in [1.29, 1.82) is 0 Å². The van der Waals surface area contributed by atoms with Crippen LogP contribution in [0, 0.1) is 27.4 Å². The Morgan fingerprint density at radius 3 is 2.62 bits per heavy atom. The van der Waals surface area contributed by atoms with Gasteiger partial charge in [-0.05, 0) is 49.1 Å². The summed E-state index contributed by atoms with van der Waals surface area (Å²) in [5.41, 5.74) is -0.175. The largest absolute Gasteiger partial charge is 0.496 e. The zero-order chi connectivity index (χ0) is 15.2. The highest BCUT2D eigenvalue weighted by molar-refractivity contribution is 5.76. The topological polar surface area (TPSA) is 89.7 Å². The first-order valence-corrected chi connectivity index (χ1v) is 6.99. The molecule has 2 fully saturated rings. The molecule has 0 heterocycles. The first kappa shape index (κ1) is 13.9. The second kappa shape index (κ2) is 4.72. The molecule has 2 atom stereocenters. The van der Waals surface area contributed by atoms with Gasteiger partial charge in [0, 0.05) is 6.07 Å². The van der Waals surface area contributed by atoms with Crippen LogP contribution in [-0.4, -0.2) is 23.1 Å². The fraction of sp³-hybridized carbons (Fsp3) is 0.533. The molecule has 3 rings (SSSR count). The smallest absolute Gasteiger partial charge is 0.309 e. The number of hydrogen-bond acceptors (Lipinski definition) is 4. The van der Waals surface area contributed by atoms with Crippen LogP contribution in [-0.2, 0) is 11.2 Å². The van der Waals surface area contributed by atoms with Crippen LogP contribution in [0.15, 0.2) is 18.2 Å². The molecule has 0 spiro atoms. The lowest BCUT2D eigenvalue weighted by atomic mass is 9.77. The molecule has 0 amide bonds. The molecule has 1 N–H and O–H groups in total. The first-order chi connectivity index (χ1) is 9.93. The van der Waals surface area contributed by atoms with E-state index in [0.717, 1.165) is 6.42 Å². The van der Waals surface area contributed by atoms with Crippen molar-refractivity contribution in [2.24, 2.45) is 17.3 Å². The quantitative estimate of drug-likeness (QED) is 0.665. The fourth-order valence-corrected chi connectivity index (χ4v) is 3.65. The first-order valence-electron chi connectivity index (χ1n) is 6.99. The highest BCUT2D eigenvalue weighted by atomic mass is 16.6. The van der Waals surface area contributed by atoms with Gasteiger partial charge in [0.1, 0.15) is 5.75 Å². The van der Waals surface area contributed by atoms with Gasteiger partial charge in [0.2, 0.25) is 0 Å². The van der Waals surface area contributed by atoms with E-state index in [4.69, 9.17) is 4.74 Å². The van der Waals surface area contributed by atoms with E-state index in [-0.39, 0.29) is 5.69 Å². The molecule has 6 heteroatoms. The lowest BCUT2D eigenvalue weighted by molar-refractivity contribution is -0.385. The van der Waals surface area contributed by atoms with E-state index in [1.165, 1.54) is 19.2 Å². The van der Waals surface area contributed by atoms with Gasteiger partial charge in [-0.15, -0.1) is 0 Å². The van der Waals surface area contributed by atoms with Crippen LogP contribution in [0.25, 0.3) is 0 Å².